The molecular weight excluding hydrogens is 519 g/mol. The number of carbonyl (C=O) groups is 1. The number of halogens is 1. The van der Waals surface area contributed by atoms with E-state index in [9.17, 15) is 4.79 Å². The second kappa shape index (κ2) is 12.6. The predicted molar refractivity (Wildman–Crippen MR) is 140 cm³/mol. The number of carbonyl (C=O) groups excluding carboxylic acids is 1. The molecule has 2 aliphatic rings. The van der Waals surface area contributed by atoms with Crippen LogP contribution in [0.15, 0.2) is 23.3 Å². The number of anilines is 1. The van der Waals surface area contributed by atoms with Gasteiger partial charge in [0.25, 0.3) is 0 Å². The smallest absolute Gasteiger partial charge is 0.225 e. The topological polar surface area (TPSA) is 82.1 Å². The first-order chi connectivity index (χ1) is 14.9. The molecule has 0 radical (unpaired) electrons. The zero-order valence-corrected chi connectivity index (χ0v) is 22.3. The summed E-state index contributed by atoms with van der Waals surface area (Å²) in [6.45, 7) is 14.8. The first-order valence-corrected chi connectivity index (χ1v) is 11.5. The Morgan fingerprint density at radius 2 is 1.97 bits per heavy atom. The fourth-order valence-corrected chi connectivity index (χ4v) is 4.19. The predicted octanol–water partition coefficient (Wildman–Crippen LogP) is 2.63. The molecule has 0 aliphatic carbocycles. The molecule has 9 heteroatoms. The summed E-state index contributed by atoms with van der Waals surface area (Å²) in [6.07, 6.45) is 3.28. The molecule has 3 heterocycles. The number of ether oxygens (including phenoxy) is 1. The van der Waals surface area contributed by atoms with E-state index in [0.717, 1.165) is 56.5 Å². The molecule has 2 fully saturated rings. The minimum atomic E-state index is 0. The first kappa shape index (κ1) is 26.6. The van der Waals surface area contributed by atoms with Crippen molar-refractivity contribution in [3.8, 4) is 0 Å². The van der Waals surface area contributed by atoms with Gasteiger partial charge in [0.1, 0.15) is 5.82 Å². The lowest BCUT2D eigenvalue weighted by Crippen LogP contribution is -2.45. The molecule has 0 aromatic carbocycles. The van der Waals surface area contributed by atoms with Gasteiger partial charge in [-0.2, -0.15) is 0 Å². The van der Waals surface area contributed by atoms with E-state index in [1.807, 2.05) is 24.9 Å². The van der Waals surface area contributed by atoms with E-state index in [2.05, 4.69) is 53.4 Å². The van der Waals surface area contributed by atoms with E-state index in [1.165, 1.54) is 0 Å². The lowest BCUT2D eigenvalue weighted by molar-refractivity contribution is -0.133. The Balaban J connectivity index is 0.00000363. The second-order valence-corrected chi connectivity index (χ2v) is 8.95. The summed E-state index contributed by atoms with van der Waals surface area (Å²) in [7, 11) is 0. The second-order valence-electron chi connectivity index (χ2n) is 8.95. The van der Waals surface area contributed by atoms with Gasteiger partial charge in [-0.1, -0.05) is 19.9 Å². The maximum Gasteiger partial charge on any atom is 0.225 e. The Morgan fingerprint density at radius 3 is 2.56 bits per heavy atom. The quantitative estimate of drug-likeness (QED) is 0.318. The van der Waals surface area contributed by atoms with Crippen molar-refractivity contribution in [1.82, 2.24) is 20.5 Å². The highest BCUT2D eigenvalue weighted by Crippen LogP contribution is 2.18. The molecule has 3 unspecified atom stereocenters. The number of guanidine groups is 1. The van der Waals surface area contributed by atoms with Crippen molar-refractivity contribution in [1.29, 1.82) is 0 Å². The van der Waals surface area contributed by atoms with Crippen LogP contribution in [0.25, 0.3) is 0 Å². The summed E-state index contributed by atoms with van der Waals surface area (Å²) < 4.78 is 5.81. The van der Waals surface area contributed by atoms with Crippen LogP contribution >= 0.6 is 24.0 Å². The lowest BCUT2D eigenvalue weighted by Gasteiger charge is -2.36. The number of pyridine rings is 1. The highest BCUT2D eigenvalue weighted by atomic mass is 127. The third-order valence-corrected chi connectivity index (χ3v) is 5.65. The Kier molecular flexibility index (Phi) is 10.5. The van der Waals surface area contributed by atoms with Gasteiger partial charge in [0.05, 0.1) is 18.8 Å². The summed E-state index contributed by atoms with van der Waals surface area (Å²) >= 11 is 0. The fraction of sp³-hybridized carbons (Fsp3) is 0.696. The van der Waals surface area contributed by atoms with E-state index >= 15 is 0 Å². The Hall–Kier alpha value is -1.62. The van der Waals surface area contributed by atoms with E-state index in [0.29, 0.717) is 6.54 Å². The summed E-state index contributed by atoms with van der Waals surface area (Å²) in [5.41, 5.74) is 1.07. The van der Waals surface area contributed by atoms with Crippen molar-refractivity contribution in [2.75, 3.05) is 37.6 Å². The van der Waals surface area contributed by atoms with Gasteiger partial charge in [0, 0.05) is 50.9 Å². The fourth-order valence-electron chi connectivity index (χ4n) is 4.19. The summed E-state index contributed by atoms with van der Waals surface area (Å²) in [5.74, 6) is 2.04. The number of hydrogen-bond donors (Lipinski definition) is 2. The molecule has 3 atom stereocenters. The maximum absolute atomic E-state index is 12.2. The van der Waals surface area contributed by atoms with Gasteiger partial charge in [0.2, 0.25) is 5.91 Å². The number of rotatable bonds is 6. The molecule has 2 saturated heterocycles. The number of nitrogens with one attached hydrogen (secondary N) is 2. The van der Waals surface area contributed by atoms with Crippen LogP contribution in [-0.2, 0) is 16.1 Å². The SMILES string of the molecule is CCNC(=NCc1ccc(N2CC(C)OC(C)C2)nc1)NC1CCN(C(=O)C(C)C)C1.I. The van der Waals surface area contributed by atoms with Gasteiger partial charge in [0.15, 0.2) is 5.96 Å². The van der Waals surface area contributed by atoms with E-state index in [4.69, 9.17) is 9.73 Å². The Morgan fingerprint density at radius 1 is 1.25 bits per heavy atom. The van der Waals surface area contributed by atoms with Crippen molar-refractivity contribution in [3.05, 3.63) is 23.9 Å². The Labute approximate surface area is 209 Å². The maximum atomic E-state index is 12.2. The molecule has 180 valence electrons. The van der Waals surface area contributed by atoms with Crippen LogP contribution in [0, 0.1) is 5.92 Å². The van der Waals surface area contributed by atoms with Crippen LogP contribution < -0.4 is 15.5 Å². The van der Waals surface area contributed by atoms with Crippen LogP contribution in [0.2, 0.25) is 0 Å². The van der Waals surface area contributed by atoms with Crippen LogP contribution in [0.3, 0.4) is 0 Å². The third kappa shape index (κ3) is 7.47. The van der Waals surface area contributed by atoms with Gasteiger partial charge in [-0.3, -0.25) is 4.79 Å². The van der Waals surface area contributed by atoms with Crippen molar-refractivity contribution < 1.29 is 9.53 Å². The monoisotopic (exact) mass is 558 g/mol. The Bertz CT molecular complexity index is 747. The normalized spacial score (nSPS) is 23.8. The largest absolute Gasteiger partial charge is 0.372 e. The van der Waals surface area contributed by atoms with E-state index in [-0.39, 0.29) is 54.1 Å². The number of aliphatic imine (C=N–C) groups is 1. The zero-order chi connectivity index (χ0) is 22.4. The molecule has 0 spiro atoms. The number of morpholine rings is 1. The average Bonchev–Trinajstić information content (AvgIpc) is 3.19. The number of amides is 1. The van der Waals surface area contributed by atoms with Crippen LogP contribution in [0.1, 0.15) is 46.6 Å². The van der Waals surface area contributed by atoms with E-state index < -0.39 is 0 Å². The number of hydrogen-bond acceptors (Lipinski definition) is 5. The molecule has 1 aromatic rings. The van der Waals surface area contributed by atoms with Gasteiger partial charge in [-0.15, -0.1) is 24.0 Å². The molecule has 1 aromatic heterocycles. The van der Waals surface area contributed by atoms with Gasteiger partial charge in [-0.05, 0) is 38.8 Å². The molecule has 8 nitrogen and oxygen atoms in total. The third-order valence-electron chi connectivity index (χ3n) is 5.65. The van der Waals surface area contributed by atoms with Crippen LogP contribution in [0.5, 0.6) is 0 Å². The van der Waals surface area contributed by atoms with Gasteiger partial charge in [-0.25, -0.2) is 9.98 Å². The van der Waals surface area contributed by atoms with Crippen molar-refractivity contribution in [2.24, 2.45) is 10.9 Å². The minimum absolute atomic E-state index is 0. The first-order valence-electron chi connectivity index (χ1n) is 11.5. The zero-order valence-electron chi connectivity index (χ0n) is 20.0. The molecule has 2 N–H and O–H groups in total. The molecule has 0 saturated carbocycles. The lowest BCUT2D eigenvalue weighted by atomic mass is 10.2. The number of aromatic nitrogens is 1. The molecule has 1 amide bonds. The number of likely N-dealkylation sites (tertiary alicyclic amines) is 1. The van der Waals surface area contributed by atoms with E-state index in [1.54, 1.807) is 0 Å². The molecule has 3 rings (SSSR count). The van der Waals surface area contributed by atoms with Crippen molar-refractivity contribution in [2.45, 2.75) is 65.8 Å². The minimum Gasteiger partial charge on any atom is -0.372 e. The van der Waals surface area contributed by atoms with Gasteiger partial charge < -0.3 is 25.2 Å². The summed E-state index contributed by atoms with van der Waals surface area (Å²) in [6, 6.07) is 4.40. The summed E-state index contributed by atoms with van der Waals surface area (Å²) in [5, 5.41) is 6.80. The van der Waals surface area contributed by atoms with Crippen molar-refractivity contribution >= 4 is 41.7 Å². The summed E-state index contributed by atoms with van der Waals surface area (Å²) in [4.78, 5) is 25.8. The number of nitrogens with zero attached hydrogens (tertiary/aromatic N) is 4. The molecule has 0 bridgehead atoms. The van der Waals surface area contributed by atoms with Crippen molar-refractivity contribution in [3.63, 3.8) is 0 Å². The highest BCUT2D eigenvalue weighted by Gasteiger charge is 2.28. The molecule has 2 aliphatic heterocycles. The van der Waals surface area contributed by atoms with Crippen LogP contribution in [0.4, 0.5) is 5.82 Å². The highest BCUT2D eigenvalue weighted by molar-refractivity contribution is 14.0. The molecule has 32 heavy (non-hydrogen) atoms. The standard InChI is InChI=1S/C23H38N6O2.HI/c1-6-24-23(27-20-9-10-28(15-20)22(30)16(2)3)26-12-19-7-8-21(25-11-19)29-13-17(4)31-18(5)14-29;/h7-8,11,16-18,20H,6,9-10,12-15H2,1-5H3,(H2,24,26,27);1H. The molecular formula is C23H39IN6O2. The van der Waals surface area contributed by atoms with Gasteiger partial charge >= 0.3 is 0 Å². The average molecular weight is 559 g/mol. The van der Waals surface area contributed by atoms with Crippen LogP contribution in [-0.4, -0.2) is 72.7 Å².